The normalized spacial score (nSPS) is 20.2. The summed E-state index contributed by atoms with van der Waals surface area (Å²) in [6, 6.07) is 1.17. The predicted molar refractivity (Wildman–Crippen MR) is 118 cm³/mol. The fraction of sp³-hybridized carbons (Fsp3) is 0.778. The van der Waals surface area contributed by atoms with Crippen molar-refractivity contribution in [2.45, 2.75) is 63.2 Å². The van der Waals surface area contributed by atoms with Crippen molar-refractivity contribution in [2.75, 3.05) is 26.7 Å². The minimum Gasteiger partial charge on any atom is -0.356 e. The molecule has 1 aromatic rings. The van der Waals surface area contributed by atoms with Gasteiger partial charge in [0.1, 0.15) is 0 Å². The van der Waals surface area contributed by atoms with Crippen molar-refractivity contribution in [3.05, 3.63) is 16.1 Å². The number of nitrogens with one attached hydrogen (secondary N) is 2. The van der Waals surface area contributed by atoms with E-state index in [2.05, 4.69) is 25.5 Å². The van der Waals surface area contributed by atoms with Crippen molar-refractivity contribution in [2.24, 2.45) is 4.99 Å². The molecule has 5 nitrogen and oxygen atoms in total. The van der Waals surface area contributed by atoms with Gasteiger partial charge in [-0.1, -0.05) is 12.8 Å². The largest absolute Gasteiger partial charge is 0.434 e. The molecule has 0 bridgehead atoms. The molecule has 0 spiro atoms. The van der Waals surface area contributed by atoms with Crippen LogP contribution in [0.2, 0.25) is 0 Å². The zero-order valence-corrected chi connectivity index (χ0v) is 19.2. The Morgan fingerprint density at radius 3 is 2.50 bits per heavy atom. The van der Waals surface area contributed by atoms with E-state index >= 15 is 0 Å². The van der Waals surface area contributed by atoms with E-state index in [9.17, 15) is 13.2 Å². The lowest BCUT2D eigenvalue weighted by Gasteiger charge is -2.36. The molecule has 28 heavy (non-hydrogen) atoms. The van der Waals surface area contributed by atoms with Crippen LogP contribution in [0.15, 0.2) is 10.4 Å². The molecule has 0 radical (unpaired) electrons. The highest BCUT2D eigenvalue weighted by Gasteiger charge is 2.33. The fourth-order valence-electron chi connectivity index (χ4n) is 3.91. The first-order valence-corrected chi connectivity index (χ1v) is 10.6. The molecule has 0 atom stereocenters. The van der Waals surface area contributed by atoms with Crippen LogP contribution < -0.4 is 10.6 Å². The Labute approximate surface area is 185 Å². The van der Waals surface area contributed by atoms with Gasteiger partial charge in [-0.25, -0.2) is 4.98 Å². The van der Waals surface area contributed by atoms with E-state index in [-0.39, 0.29) is 24.0 Å². The van der Waals surface area contributed by atoms with Crippen LogP contribution in [-0.2, 0) is 12.6 Å². The topological polar surface area (TPSA) is 52.6 Å². The zero-order valence-electron chi connectivity index (χ0n) is 16.1. The maximum atomic E-state index is 12.6. The van der Waals surface area contributed by atoms with E-state index in [0.29, 0.717) is 30.0 Å². The molecular formula is C18H29F3IN5S. The van der Waals surface area contributed by atoms with E-state index in [1.165, 1.54) is 25.7 Å². The molecule has 3 rings (SSSR count). The molecule has 1 saturated heterocycles. The van der Waals surface area contributed by atoms with Gasteiger partial charge in [-0.15, -0.1) is 35.3 Å². The number of guanidine groups is 1. The molecule has 2 fully saturated rings. The molecule has 1 aromatic heterocycles. The summed E-state index contributed by atoms with van der Waals surface area (Å²) in [4.78, 5) is 10.5. The van der Waals surface area contributed by atoms with Crippen molar-refractivity contribution < 1.29 is 13.2 Å². The molecule has 10 heteroatoms. The average molecular weight is 531 g/mol. The molecule has 1 saturated carbocycles. The molecule has 0 unspecified atom stereocenters. The first kappa shape index (κ1) is 23.7. The third kappa shape index (κ3) is 6.72. The van der Waals surface area contributed by atoms with Gasteiger partial charge in [0.05, 0.1) is 5.01 Å². The summed E-state index contributed by atoms with van der Waals surface area (Å²) in [5.41, 5.74) is -0.806. The second-order valence-electron chi connectivity index (χ2n) is 7.27. The van der Waals surface area contributed by atoms with E-state index in [0.717, 1.165) is 48.7 Å². The average Bonchev–Trinajstić information content (AvgIpc) is 3.33. The number of alkyl halides is 3. The van der Waals surface area contributed by atoms with Crippen LogP contribution in [0.3, 0.4) is 0 Å². The van der Waals surface area contributed by atoms with Gasteiger partial charge < -0.3 is 15.5 Å². The SMILES string of the molecule is CN=C(NCCc1nc(C(F)(F)F)cs1)NC1CCN(C2CCCC2)CC1.I. The van der Waals surface area contributed by atoms with Gasteiger partial charge in [0.15, 0.2) is 11.7 Å². The zero-order chi connectivity index (χ0) is 19.3. The summed E-state index contributed by atoms with van der Waals surface area (Å²) in [5.74, 6) is 0.710. The van der Waals surface area contributed by atoms with Gasteiger partial charge in [-0.2, -0.15) is 13.2 Å². The van der Waals surface area contributed by atoms with E-state index in [4.69, 9.17) is 0 Å². The second kappa shape index (κ2) is 11.0. The molecular weight excluding hydrogens is 502 g/mol. The van der Waals surface area contributed by atoms with Crippen LogP contribution in [0.1, 0.15) is 49.2 Å². The van der Waals surface area contributed by atoms with Gasteiger partial charge in [-0.3, -0.25) is 4.99 Å². The summed E-state index contributed by atoms with van der Waals surface area (Å²) >= 11 is 1.05. The minimum atomic E-state index is -4.37. The number of piperidine rings is 1. The molecule has 0 amide bonds. The van der Waals surface area contributed by atoms with E-state index < -0.39 is 11.9 Å². The fourth-order valence-corrected chi connectivity index (χ4v) is 4.72. The van der Waals surface area contributed by atoms with Crippen molar-refractivity contribution in [3.63, 3.8) is 0 Å². The van der Waals surface area contributed by atoms with Crippen LogP contribution in [0.4, 0.5) is 13.2 Å². The molecule has 2 aliphatic rings. The monoisotopic (exact) mass is 531 g/mol. The Balaban J connectivity index is 0.00000280. The standard InChI is InChI=1S/C18H28F3N5S.HI/c1-22-17(23-9-6-16-25-15(12-27-16)18(19,20)21)24-13-7-10-26(11-8-13)14-4-2-3-5-14;/h12-14H,2-11H2,1H3,(H2,22,23,24);1H. The first-order valence-electron chi connectivity index (χ1n) is 9.68. The number of thiazole rings is 1. The Bertz CT molecular complexity index is 623. The molecule has 0 aromatic carbocycles. The molecule has 2 N–H and O–H groups in total. The number of aliphatic imine (C=N–C) groups is 1. The second-order valence-corrected chi connectivity index (χ2v) is 8.21. The molecule has 160 valence electrons. The van der Waals surface area contributed by atoms with Gasteiger partial charge in [0.2, 0.25) is 0 Å². The highest BCUT2D eigenvalue weighted by molar-refractivity contribution is 14.0. The lowest BCUT2D eigenvalue weighted by molar-refractivity contribution is -0.140. The summed E-state index contributed by atoms with van der Waals surface area (Å²) in [6.45, 7) is 2.75. The number of rotatable bonds is 5. The third-order valence-electron chi connectivity index (χ3n) is 5.41. The Morgan fingerprint density at radius 1 is 1.25 bits per heavy atom. The lowest BCUT2D eigenvalue weighted by Crippen LogP contribution is -2.50. The summed E-state index contributed by atoms with van der Waals surface area (Å²) in [7, 11) is 1.72. The number of aromatic nitrogens is 1. The lowest BCUT2D eigenvalue weighted by atomic mass is 10.0. The Morgan fingerprint density at radius 2 is 1.93 bits per heavy atom. The molecule has 2 heterocycles. The number of hydrogen-bond donors (Lipinski definition) is 2. The highest BCUT2D eigenvalue weighted by atomic mass is 127. The molecule has 1 aliphatic carbocycles. The predicted octanol–water partition coefficient (Wildman–Crippen LogP) is 3.89. The molecule has 1 aliphatic heterocycles. The maximum absolute atomic E-state index is 12.6. The third-order valence-corrected chi connectivity index (χ3v) is 6.32. The van der Waals surface area contributed by atoms with Gasteiger partial charge in [-0.05, 0) is 25.7 Å². The van der Waals surface area contributed by atoms with Crippen LogP contribution in [0, 0.1) is 0 Å². The van der Waals surface area contributed by atoms with Crippen molar-refractivity contribution >= 4 is 41.3 Å². The first-order chi connectivity index (χ1) is 13.0. The van der Waals surface area contributed by atoms with Crippen molar-refractivity contribution in [1.82, 2.24) is 20.5 Å². The van der Waals surface area contributed by atoms with Crippen LogP contribution in [0.5, 0.6) is 0 Å². The number of hydrogen-bond acceptors (Lipinski definition) is 4. The van der Waals surface area contributed by atoms with Crippen LogP contribution in [-0.4, -0.2) is 54.6 Å². The minimum absolute atomic E-state index is 0. The van der Waals surface area contributed by atoms with Gasteiger partial charge in [0.25, 0.3) is 0 Å². The van der Waals surface area contributed by atoms with E-state index in [1.54, 1.807) is 7.05 Å². The maximum Gasteiger partial charge on any atom is 0.434 e. The summed E-state index contributed by atoms with van der Waals surface area (Å²) < 4.78 is 37.8. The van der Waals surface area contributed by atoms with Crippen LogP contribution >= 0.6 is 35.3 Å². The Kier molecular flexibility index (Phi) is 9.26. The van der Waals surface area contributed by atoms with Crippen LogP contribution in [0.25, 0.3) is 0 Å². The number of nitrogens with zero attached hydrogens (tertiary/aromatic N) is 3. The smallest absolute Gasteiger partial charge is 0.356 e. The van der Waals surface area contributed by atoms with Gasteiger partial charge >= 0.3 is 6.18 Å². The summed E-state index contributed by atoms with van der Waals surface area (Å²) in [6.07, 6.45) is 3.68. The summed E-state index contributed by atoms with van der Waals surface area (Å²) in [5, 5.41) is 8.19. The Hall–Kier alpha value is -0.620. The van der Waals surface area contributed by atoms with E-state index in [1.807, 2.05) is 0 Å². The number of halogens is 4. The highest BCUT2D eigenvalue weighted by Crippen LogP contribution is 2.30. The quantitative estimate of drug-likeness (QED) is 0.344. The van der Waals surface area contributed by atoms with Gasteiger partial charge in [0, 0.05) is 50.6 Å². The van der Waals surface area contributed by atoms with Crippen molar-refractivity contribution in [1.29, 1.82) is 0 Å². The van der Waals surface area contributed by atoms with Crippen molar-refractivity contribution in [3.8, 4) is 0 Å². The number of likely N-dealkylation sites (tertiary alicyclic amines) is 1.